The van der Waals surface area contributed by atoms with Gasteiger partial charge in [-0.3, -0.25) is 9.69 Å². The molecule has 0 radical (unpaired) electrons. The Labute approximate surface area is 103 Å². The highest BCUT2D eigenvalue weighted by Crippen LogP contribution is 2.13. The van der Waals surface area contributed by atoms with Gasteiger partial charge in [-0.1, -0.05) is 19.1 Å². The van der Waals surface area contributed by atoms with Gasteiger partial charge in [-0.05, 0) is 31.7 Å². The van der Waals surface area contributed by atoms with Crippen molar-refractivity contribution in [3.8, 4) is 5.75 Å². The molecule has 1 unspecified atom stereocenters. The maximum atomic E-state index is 11.6. The van der Waals surface area contributed by atoms with Crippen LogP contribution in [0.1, 0.15) is 25.8 Å². The van der Waals surface area contributed by atoms with Gasteiger partial charge in [-0.2, -0.15) is 0 Å². The molecule has 0 fully saturated rings. The summed E-state index contributed by atoms with van der Waals surface area (Å²) in [6.45, 7) is 4.63. The second kappa shape index (κ2) is 6.40. The van der Waals surface area contributed by atoms with E-state index >= 15 is 0 Å². The smallest absolute Gasteiger partial charge is 0.149 e. The zero-order valence-corrected chi connectivity index (χ0v) is 11.1. The first kappa shape index (κ1) is 13.7. The first-order valence-corrected chi connectivity index (χ1v) is 5.94. The third-order valence-corrected chi connectivity index (χ3v) is 3.07. The van der Waals surface area contributed by atoms with Gasteiger partial charge in [-0.15, -0.1) is 0 Å². The van der Waals surface area contributed by atoms with Gasteiger partial charge in [-0.25, -0.2) is 0 Å². The SMILES string of the molecule is CCC(=O)C(C)N(C)Cc1ccc(OC)cc1. The molecule has 0 saturated carbocycles. The van der Waals surface area contributed by atoms with Crippen LogP contribution < -0.4 is 4.74 Å². The van der Waals surface area contributed by atoms with Gasteiger partial charge in [0.1, 0.15) is 11.5 Å². The van der Waals surface area contributed by atoms with Crippen LogP contribution in [0.5, 0.6) is 5.75 Å². The predicted octanol–water partition coefficient (Wildman–Crippen LogP) is 2.49. The van der Waals surface area contributed by atoms with Crippen molar-refractivity contribution in [3.63, 3.8) is 0 Å². The molecule has 0 spiro atoms. The largest absolute Gasteiger partial charge is 0.497 e. The molecule has 0 amide bonds. The number of hydrogen-bond acceptors (Lipinski definition) is 3. The Morgan fingerprint density at radius 1 is 1.35 bits per heavy atom. The van der Waals surface area contributed by atoms with E-state index in [-0.39, 0.29) is 11.8 Å². The van der Waals surface area contributed by atoms with Crippen LogP contribution in [0.4, 0.5) is 0 Å². The van der Waals surface area contributed by atoms with E-state index in [9.17, 15) is 4.79 Å². The molecule has 0 aliphatic rings. The highest BCUT2D eigenvalue weighted by atomic mass is 16.5. The highest BCUT2D eigenvalue weighted by Gasteiger charge is 2.15. The Kier molecular flexibility index (Phi) is 5.16. The summed E-state index contributed by atoms with van der Waals surface area (Å²) >= 11 is 0. The van der Waals surface area contributed by atoms with Crippen molar-refractivity contribution >= 4 is 5.78 Å². The molecule has 1 atom stereocenters. The van der Waals surface area contributed by atoms with Crippen LogP contribution in [-0.2, 0) is 11.3 Å². The predicted molar refractivity (Wildman–Crippen MR) is 69.2 cm³/mol. The molecule has 0 aromatic heterocycles. The van der Waals surface area contributed by atoms with Crippen molar-refractivity contribution < 1.29 is 9.53 Å². The number of carbonyl (C=O) groups excluding carboxylic acids is 1. The van der Waals surface area contributed by atoms with E-state index in [2.05, 4.69) is 4.90 Å². The Bertz CT molecular complexity index is 359. The van der Waals surface area contributed by atoms with E-state index in [1.165, 1.54) is 5.56 Å². The summed E-state index contributed by atoms with van der Waals surface area (Å²) in [6, 6.07) is 7.91. The number of rotatable bonds is 6. The topological polar surface area (TPSA) is 29.5 Å². The number of ketones is 1. The summed E-state index contributed by atoms with van der Waals surface area (Å²) in [5.74, 6) is 1.13. The van der Waals surface area contributed by atoms with Gasteiger partial charge in [0.15, 0.2) is 0 Å². The van der Waals surface area contributed by atoms with Crippen molar-refractivity contribution in [1.82, 2.24) is 4.90 Å². The molecule has 17 heavy (non-hydrogen) atoms. The maximum Gasteiger partial charge on any atom is 0.149 e. The van der Waals surface area contributed by atoms with Crippen LogP contribution in [-0.4, -0.2) is 30.9 Å². The Balaban J connectivity index is 2.60. The van der Waals surface area contributed by atoms with E-state index in [1.54, 1.807) is 7.11 Å². The quantitative estimate of drug-likeness (QED) is 0.758. The standard InChI is InChI=1S/C14H21NO2/c1-5-14(16)11(2)15(3)10-12-6-8-13(17-4)9-7-12/h6-9,11H,5,10H2,1-4H3. The average Bonchev–Trinajstić information content (AvgIpc) is 2.37. The van der Waals surface area contributed by atoms with Crippen molar-refractivity contribution in [2.75, 3.05) is 14.2 Å². The number of Topliss-reactive ketones (excluding diaryl/α,β-unsaturated/α-hetero) is 1. The van der Waals surface area contributed by atoms with Gasteiger partial charge >= 0.3 is 0 Å². The fourth-order valence-electron chi connectivity index (χ4n) is 1.70. The lowest BCUT2D eigenvalue weighted by molar-refractivity contribution is -0.123. The third-order valence-electron chi connectivity index (χ3n) is 3.07. The second-order valence-electron chi connectivity index (χ2n) is 4.26. The fraction of sp³-hybridized carbons (Fsp3) is 0.500. The van der Waals surface area contributed by atoms with Gasteiger partial charge < -0.3 is 4.74 Å². The van der Waals surface area contributed by atoms with Crippen LogP contribution in [0.2, 0.25) is 0 Å². The molecule has 1 aromatic carbocycles. The first-order chi connectivity index (χ1) is 8.08. The van der Waals surface area contributed by atoms with Gasteiger partial charge in [0.05, 0.1) is 13.2 Å². The van der Waals surface area contributed by atoms with E-state index in [1.807, 2.05) is 45.2 Å². The minimum atomic E-state index is -0.0258. The summed E-state index contributed by atoms with van der Waals surface area (Å²) in [7, 11) is 3.63. The minimum absolute atomic E-state index is 0.0258. The van der Waals surface area contributed by atoms with Crippen molar-refractivity contribution in [3.05, 3.63) is 29.8 Å². The number of ether oxygens (including phenoxy) is 1. The molecule has 0 N–H and O–H groups in total. The fourth-order valence-corrected chi connectivity index (χ4v) is 1.70. The van der Waals surface area contributed by atoms with Crippen molar-refractivity contribution in [2.45, 2.75) is 32.9 Å². The van der Waals surface area contributed by atoms with E-state index in [0.29, 0.717) is 6.42 Å². The third kappa shape index (κ3) is 3.86. The highest BCUT2D eigenvalue weighted by molar-refractivity contribution is 5.83. The maximum absolute atomic E-state index is 11.6. The molecular formula is C14H21NO2. The molecule has 94 valence electrons. The molecule has 1 aromatic rings. The zero-order valence-electron chi connectivity index (χ0n) is 11.1. The van der Waals surface area contributed by atoms with Crippen molar-refractivity contribution in [2.24, 2.45) is 0 Å². The van der Waals surface area contributed by atoms with Crippen LogP contribution in [0.25, 0.3) is 0 Å². The van der Waals surface area contributed by atoms with Crippen molar-refractivity contribution in [1.29, 1.82) is 0 Å². The molecule has 3 nitrogen and oxygen atoms in total. The molecule has 0 saturated heterocycles. The van der Waals surface area contributed by atoms with Crippen LogP contribution in [0.15, 0.2) is 24.3 Å². The van der Waals surface area contributed by atoms with Gasteiger partial charge in [0, 0.05) is 13.0 Å². The number of hydrogen-bond donors (Lipinski definition) is 0. The summed E-state index contributed by atoms with van der Waals surface area (Å²) in [4.78, 5) is 13.6. The number of nitrogens with zero attached hydrogens (tertiary/aromatic N) is 1. The summed E-state index contributed by atoms with van der Waals surface area (Å²) < 4.78 is 5.11. The Morgan fingerprint density at radius 2 is 1.94 bits per heavy atom. The average molecular weight is 235 g/mol. The zero-order chi connectivity index (χ0) is 12.8. The Morgan fingerprint density at radius 3 is 2.41 bits per heavy atom. The minimum Gasteiger partial charge on any atom is -0.497 e. The summed E-state index contributed by atoms with van der Waals surface area (Å²) in [6.07, 6.45) is 0.591. The number of methoxy groups -OCH3 is 1. The normalized spacial score (nSPS) is 12.5. The number of carbonyl (C=O) groups is 1. The molecule has 1 rings (SSSR count). The van der Waals surface area contributed by atoms with E-state index in [4.69, 9.17) is 4.74 Å². The molecule has 3 heteroatoms. The van der Waals surface area contributed by atoms with Gasteiger partial charge in [0.2, 0.25) is 0 Å². The molecular weight excluding hydrogens is 214 g/mol. The lowest BCUT2D eigenvalue weighted by Gasteiger charge is -2.23. The van der Waals surface area contributed by atoms with E-state index in [0.717, 1.165) is 12.3 Å². The monoisotopic (exact) mass is 235 g/mol. The lowest BCUT2D eigenvalue weighted by Crippen LogP contribution is -2.35. The van der Waals surface area contributed by atoms with Crippen LogP contribution >= 0.6 is 0 Å². The molecule has 0 aliphatic heterocycles. The van der Waals surface area contributed by atoms with E-state index < -0.39 is 0 Å². The lowest BCUT2D eigenvalue weighted by atomic mass is 10.1. The Hall–Kier alpha value is -1.35. The molecule has 0 heterocycles. The van der Waals surface area contributed by atoms with Gasteiger partial charge in [0.25, 0.3) is 0 Å². The number of benzene rings is 1. The number of likely N-dealkylation sites (N-methyl/N-ethyl adjacent to an activating group) is 1. The second-order valence-corrected chi connectivity index (χ2v) is 4.26. The summed E-state index contributed by atoms with van der Waals surface area (Å²) in [5.41, 5.74) is 1.18. The summed E-state index contributed by atoms with van der Waals surface area (Å²) in [5, 5.41) is 0. The first-order valence-electron chi connectivity index (χ1n) is 5.94. The van der Waals surface area contributed by atoms with Crippen LogP contribution in [0.3, 0.4) is 0 Å². The molecule has 0 aliphatic carbocycles. The van der Waals surface area contributed by atoms with Crippen LogP contribution in [0, 0.1) is 0 Å². The molecule has 0 bridgehead atoms.